The first-order chi connectivity index (χ1) is 18.6. The van der Waals surface area contributed by atoms with Gasteiger partial charge in [-0.3, -0.25) is 0 Å². The third-order valence-corrected chi connectivity index (χ3v) is 6.08. The molecular formula is C29H27FN4O4. The maximum absolute atomic E-state index is 14.1. The van der Waals surface area contributed by atoms with Gasteiger partial charge in [0.25, 0.3) is 0 Å². The van der Waals surface area contributed by atoms with Crippen molar-refractivity contribution < 1.29 is 23.4 Å². The Bertz CT molecular complexity index is 1470. The number of aromatic nitrogens is 3. The van der Waals surface area contributed by atoms with Crippen LogP contribution in [0.25, 0.3) is 5.70 Å². The van der Waals surface area contributed by atoms with Crippen LogP contribution in [0.3, 0.4) is 0 Å². The number of carbonyl (C=O) groups is 1. The fourth-order valence-corrected chi connectivity index (χ4v) is 4.38. The summed E-state index contributed by atoms with van der Waals surface area (Å²) in [5.74, 6) is 0.596. The number of anilines is 1. The summed E-state index contributed by atoms with van der Waals surface area (Å²) in [5, 5.41) is 7.66. The van der Waals surface area contributed by atoms with Crippen LogP contribution < -0.4 is 14.8 Å². The second-order valence-electron chi connectivity index (χ2n) is 8.45. The molecule has 4 aromatic rings. The summed E-state index contributed by atoms with van der Waals surface area (Å²) in [6.45, 7) is 4.27. The van der Waals surface area contributed by atoms with Gasteiger partial charge >= 0.3 is 5.97 Å². The Morgan fingerprint density at radius 1 is 0.974 bits per heavy atom. The zero-order valence-electron chi connectivity index (χ0n) is 21.1. The van der Waals surface area contributed by atoms with Gasteiger partial charge < -0.3 is 19.5 Å². The molecule has 5 rings (SSSR count). The summed E-state index contributed by atoms with van der Waals surface area (Å²) in [5.41, 5.74) is 2.94. The summed E-state index contributed by atoms with van der Waals surface area (Å²) < 4.78 is 33.1. The molecule has 0 saturated heterocycles. The molecule has 1 unspecified atom stereocenters. The van der Waals surface area contributed by atoms with E-state index in [-0.39, 0.29) is 19.0 Å². The first kappa shape index (κ1) is 25.0. The van der Waals surface area contributed by atoms with Gasteiger partial charge in [0.1, 0.15) is 24.8 Å². The van der Waals surface area contributed by atoms with Crippen molar-refractivity contribution in [1.82, 2.24) is 14.8 Å². The van der Waals surface area contributed by atoms with Crippen LogP contribution in [-0.4, -0.2) is 33.9 Å². The lowest BCUT2D eigenvalue weighted by molar-refractivity contribution is -0.138. The van der Waals surface area contributed by atoms with Gasteiger partial charge in [-0.05, 0) is 43.2 Å². The predicted molar refractivity (Wildman–Crippen MR) is 140 cm³/mol. The van der Waals surface area contributed by atoms with Gasteiger partial charge in [0.05, 0.1) is 24.5 Å². The zero-order chi connectivity index (χ0) is 26.5. The van der Waals surface area contributed by atoms with E-state index in [9.17, 15) is 9.18 Å². The smallest absolute Gasteiger partial charge is 0.338 e. The zero-order valence-corrected chi connectivity index (χ0v) is 21.1. The molecule has 38 heavy (non-hydrogen) atoms. The molecule has 0 spiro atoms. The summed E-state index contributed by atoms with van der Waals surface area (Å²) in [7, 11) is 0. The number of hydrogen-bond acceptors (Lipinski definition) is 7. The van der Waals surface area contributed by atoms with E-state index in [0.717, 1.165) is 11.1 Å². The van der Waals surface area contributed by atoms with E-state index in [4.69, 9.17) is 14.2 Å². The lowest BCUT2D eigenvalue weighted by atomic mass is 9.92. The molecule has 0 amide bonds. The van der Waals surface area contributed by atoms with Gasteiger partial charge in [-0.1, -0.05) is 54.6 Å². The van der Waals surface area contributed by atoms with E-state index in [1.165, 1.54) is 12.4 Å². The number of nitrogens with zero attached hydrogens (tertiary/aromatic N) is 3. The fourth-order valence-electron chi connectivity index (χ4n) is 4.38. The average molecular weight is 515 g/mol. The molecule has 1 N–H and O–H groups in total. The van der Waals surface area contributed by atoms with Gasteiger partial charge in [-0.15, -0.1) is 0 Å². The van der Waals surface area contributed by atoms with Gasteiger partial charge in [0.15, 0.2) is 11.5 Å². The van der Waals surface area contributed by atoms with Crippen molar-refractivity contribution in [3.8, 4) is 11.5 Å². The van der Waals surface area contributed by atoms with E-state index in [0.29, 0.717) is 40.9 Å². The third-order valence-electron chi connectivity index (χ3n) is 6.08. The number of rotatable bonds is 9. The Hall–Kier alpha value is -4.66. The summed E-state index contributed by atoms with van der Waals surface area (Å²) >= 11 is 0. The average Bonchev–Trinajstić information content (AvgIpc) is 3.41. The molecule has 9 heteroatoms. The van der Waals surface area contributed by atoms with Gasteiger partial charge in [0.2, 0.25) is 5.95 Å². The normalized spacial score (nSPS) is 14.4. The molecule has 1 aromatic heterocycles. The van der Waals surface area contributed by atoms with E-state index in [2.05, 4.69) is 15.4 Å². The summed E-state index contributed by atoms with van der Waals surface area (Å²) in [4.78, 5) is 17.8. The van der Waals surface area contributed by atoms with Crippen molar-refractivity contribution in [3.05, 3.63) is 107 Å². The van der Waals surface area contributed by atoms with Crippen molar-refractivity contribution in [2.45, 2.75) is 26.5 Å². The minimum absolute atomic E-state index is 0.0405. The molecule has 2 heterocycles. The van der Waals surface area contributed by atoms with E-state index in [1.807, 2.05) is 49.4 Å². The third kappa shape index (κ3) is 4.95. The van der Waals surface area contributed by atoms with Crippen LogP contribution >= 0.6 is 0 Å². The Kier molecular flexibility index (Phi) is 7.35. The molecule has 0 radical (unpaired) electrons. The molecule has 1 atom stereocenters. The lowest BCUT2D eigenvalue weighted by Crippen LogP contribution is -2.30. The number of benzene rings is 3. The van der Waals surface area contributed by atoms with Gasteiger partial charge in [0, 0.05) is 5.56 Å². The molecule has 194 valence electrons. The molecule has 0 aliphatic carbocycles. The van der Waals surface area contributed by atoms with Crippen LogP contribution in [0.4, 0.5) is 10.3 Å². The second kappa shape index (κ2) is 11.2. The SMILES string of the molecule is CCOC(=O)C1=C(c2ccccc2)Nc2ncnn2C1c1ccc(OCc2ccccc2F)c(OCC)c1. The quantitative estimate of drug-likeness (QED) is 0.300. The Morgan fingerprint density at radius 3 is 2.53 bits per heavy atom. The Labute approximate surface area is 219 Å². The first-order valence-corrected chi connectivity index (χ1v) is 12.4. The highest BCUT2D eigenvalue weighted by Crippen LogP contribution is 2.41. The molecule has 1 aliphatic rings. The van der Waals surface area contributed by atoms with Crippen molar-refractivity contribution >= 4 is 17.6 Å². The highest BCUT2D eigenvalue weighted by atomic mass is 19.1. The van der Waals surface area contributed by atoms with Gasteiger partial charge in [-0.25, -0.2) is 13.9 Å². The topological polar surface area (TPSA) is 87.5 Å². The van der Waals surface area contributed by atoms with Gasteiger partial charge in [-0.2, -0.15) is 10.1 Å². The van der Waals surface area contributed by atoms with Crippen molar-refractivity contribution in [2.24, 2.45) is 0 Å². The number of fused-ring (bicyclic) bond motifs is 1. The number of carbonyl (C=O) groups excluding carboxylic acids is 1. The molecule has 1 aliphatic heterocycles. The van der Waals surface area contributed by atoms with Crippen molar-refractivity contribution in [2.75, 3.05) is 18.5 Å². The van der Waals surface area contributed by atoms with E-state index >= 15 is 0 Å². The summed E-state index contributed by atoms with van der Waals surface area (Å²) in [6, 6.07) is 20.7. The summed E-state index contributed by atoms with van der Waals surface area (Å²) in [6.07, 6.45) is 1.43. The number of esters is 1. The highest BCUT2D eigenvalue weighted by molar-refractivity contribution is 6.02. The number of hydrogen-bond donors (Lipinski definition) is 1. The van der Waals surface area contributed by atoms with Crippen LogP contribution in [0.1, 0.15) is 36.6 Å². The van der Waals surface area contributed by atoms with Crippen LogP contribution in [0.15, 0.2) is 84.7 Å². The highest BCUT2D eigenvalue weighted by Gasteiger charge is 2.36. The lowest BCUT2D eigenvalue weighted by Gasteiger charge is -2.30. The monoisotopic (exact) mass is 514 g/mol. The Balaban J connectivity index is 1.59. The number of halogens is 1. The minimum atomic E-state index is -0.650. The van der Waals surface area contributed by atoms with Crippen molar-refractivity contribution in [3.63, 3.8) is 0 Å². The standard InChI is InChI=1S/C29H27FN4O4/c1-3-36-24-16-20(14-15-23(24)38-17-21-12-8-9-13-22(21)30)27-25(28(35)37-4-2)26(19-10-6-5-7-11-19)33-29-31-18-32-34(27)29/h5-16,18,27H,3-4,17H2,1-2H3,(H,31,32,33). The minimum Gasteiger partial charge on any atom is -0.490 e. The molecule has 0 bridgehead atoms. The molecule has 3 aromatic carbocycles. The first-order valence-electron chi connectivity index (χ1n) is 12.4. The number of nitrogens with one attached hydrogen (secondary N) is 1. The molecule has 8 nitrogen and oxygen atoms in total. The van der Waals surface area contributed by atoms with E-state index < -0.39 is 12.0 Å². The largest absolute Gasteiger partial charge is 0.490 e. The Morgan fingerprint density at radius 2 is 1.76 bits per heavy atom. The molecule has 0 saturated carbocycles. The van der Waals surface area contributed by atoms with Crippen LogP contribution in [-0.2, 0) is 16.1 Å². The van der Waals surface area contributed by atoms with Crippen LogP contribution in [0.5, 0.6) is 11.5 Å². The fraction of sp³-hybridized carbons (Fsp3) is 0.207. The molecular weight excluding hydrogens is 487 g/mol. The van der Waals surface area contributed by atoms with Crippen LogP contribution in [0.2, 0.25) is 0 Å². The van der Waals surface area contributed by atoms with Crippen molar-refractivity contribution in [1.29, 1.82) is 0 Å². The maximum Gasteiger partial charge on any atom is 0.338 e. The maximum atomic E-state index is 14.1. The van der Waals surface area contributed by atoms with Crippen LogP contribution in [0, 0.1) is 5.82 Å². The second-order valence-corrected chi connectivity index (χ2v) is 8.45. The number of ether oxygens (including phenoxy) is 3. The predicted octanol–water partition coefficient (Wildman–Crippen LogP) is 5.38. The van der Waals surface area contributed by atoms with E-state index in [1.54, 1.807) is 35.9 Å². The molecule has 0 fully saturated rings.